The van der Waals surface area contributed by atoms with E-state index in [4.69, 9.17) is 11.6 Å². The Morgan fingerprint density at radius 2 is 1.75 bits per heavy atom. The number of carbonyl (C=O) groups excluding carboxylic acids is 1. The lowest BCUT2D eigenvalue weighted by Crippen LogP contribution is -2.31. The van der Waals surface area contributed by atoms with Gasteiger partial charge in [0.1, 0.15) is 12.4 Å². The molecule has 0 radical (unpaired) electrons. The maximum atomic E-state index is 14.2. The number of carbonyl (C=O) groups is 1. The van der Waals surface area contributed by atoms with Crippen LogP contribution in [-0.2, 0) is 29.7 Å². The Morgan fingerprint density at radius 3 is 2.44 bits per heavy atom. The summed E-state index contributed by atoms with van der Waals surface area (Å²) in [5, 5.41) is 5.07. The van der Waals surface area contributed by atoms with Gasteiger partial charge in [-0.05, 0) is 60.2 Å². The van der Waals surface area contributed by atoms with Crippen molar-refractivity contribution in [3.05, 3.63) is 111 Å². The normalized spacial score (nSPS) is 11.6. The minimum Gasteiger partial charge on any atom is -0.298 e. The van der Waals surface area contributed by atoms with Gasteiger partial charge in [-0.1, -0.05) is 73.5 Å². The Hall–Kier alpha value is -3.51. The minimum atomic E-state index is -0.405. The first-order chi connectivity index (χ1) is 17.1. The van der Waals surface area contributed by atoms with E-state index < -0.39 is 5.69 Å². The van der Waals surface area contributed by atoms with Crippen molar-refractivity contribution in [3.8, 4) is 11.4 Å². The molecule has 0 aliphatic rings. The van der Waals surface area contributed by atoms with Gasteiger partial charge in [0.2, 0.25) is 0 Å². The maximum absolute atomic E-state index is 14.2. The zero-order valence-corrected chi connectivity index (χ0v) is 21.4. The Morgan fingerprint density at radius 1 is 1.03 bits per heavy atom. The van der Waals surface area contributed by atoms with E-state index in [2.05, 4.69) is 11.2 Å². The molecule has 0 atom stereocenters. The number of Topliss-reactive ketones (excluding diaryl/α,β-unsaturated/α-hetero) is 1. The van der Waals surface area contributed by atoms with Crippen LogP contribution in [0.3, 0.4) is 0 Å². The highest BCUT2D eigenvalue weighted by molar-refractivity contribution is 6.30. The predicted octanol–water partition coefficient (Wildman–Crippen LogP) is 5.99. The number of hydrogen-bond donors (Lipinski definition) is 0. The zero-order valence-electron chi connectivity index (χ0n) is 20.7. The van der Waals surface area contributed by atoms with Gasteiger partial charge in [0.15, 0.2) is 11.6 Å². The lowest BCUT2D eigenvalue weighted by atomic mass is 9.79. The Balaban J connectivity index is 1.61. The number of aryl methyl sites for hydroxylation is 2. The van der Waals surface area contributed by atoms with Crippen LogP contribution in [0.25, 0.3) is 11.4 Å². The van der Waals surface area contributed by atoms with E-state index in [0.717, 1.165) is 11.1 Å². The smallest absolute Gasteiger partial charge is 0.298 e. The highest BCUT2D eigenvalue weighted by Crippen LogP contribution is 2.28. The van der Waals surface area contributed by atoms with Crippen molar-refractivity contribution in [2.24, 2.45) is 0 Å². The number of ketones is 1. The Labute approximate surface area is 215 Å². The molecule has 0 saturated heterocycles. The van der Waals surface area contributed by atoms with Crippen LogP contribution in [0.15, 0.2) is 77.6 Å². The van der Waals surface area contributed by atoms with Crippen molar-refractivity contribution in [2.45, 2.75) is 52.1 Å². The van der Waals surface area contributed by atoms with Gasteiger partial charge >= 0.3 is 5.69 Å². The van der Waals surface area contributed by atoms with Crippen molar-refractivity contribution in [2.75, 3.05) is 0 Å². The van der Waals surface area contributed by atoms with Crippen molar-refractivity contribution in [1.29, 1.82) is 0 Å². The summed E-state index contributed by atoms with van der Waals surface area (Å²) in [6, 6.07) is 21.6. The quantitative estimate of drug-likeness (QED) is 0.280. The second kappa shape index (κ2) is 10.6. The molecule has 3 aromatic carbocycles. The van der Waals surface area contributed by atoms with Crippen molar-refractivity contribution in [3.63, 3.8) is 0 Å². The van der Waals surface area contributed by atoms with Gasteiger partial charge in [0.25, 0.3) is 0 Å². The molecule has 36 heavy (non-hydrogen) atoms. The molecular formula is C29H29ClFN3O2. The molecule has 0 spiro atoms. The van der Waals surface area contributed by atoms with Crippen molar-refractivity contribution < 1.29 is 9.18 Å². The second-order valence-corrected chi connectivity index (χ2v) is 10.2. The fraction of sp³-hybridized carbons (Fsp3) is 0.276. The summed E-state index contributed by atoms with van der Waals surface area (Å²) in [5.41, 5.74) is 2.61. The van der Waals surface area contributed by atoms with Crippen LogP contribution in [0.1, 0.15) is 37.0 Å². The molecule has 4 aromatic rings. The molecule has 0 aliphatic heterocycles. The van der Waals surface area contributed by atoms with Gasteiger partial charge in [0.05, 0.1) is 0 Å². The number of hydrogen-bond acceptors (Lipinski definition) is 3. The number of nitrogens with zero attached hydrogens (tertiary/aromatic N) is 3. The number of aromatic nitrogens is 3. The molecule has 5 nitrogen and oxygen atoms in total. The molecule has 0 aliphatic carbocycles. The molecule has 1 heterocycles. The molecule has 1 aromatic heterocycles. The van der Waals surface area contributed by atoms with Gasteiger partial charge in [-0.15, -0.1) is 5.10 Å². The highest BCUT2D eigenvalue weighted by Gasteiger charge is 2.26. The molecule has 186 valence electrons. The summed E-state index contributed by atoms with van der Waals surface area (Å²) in [4.78, 5) is 26.4. The van der Waals surface area contributed by atoms with Crippen LogP contribution in [0.4, 0.5) is 4.39 Å². The SMILES string of the molecule is Cc1cccc(C(C)(C)CC(=O)Cn2nc(-c3ccc(Cl)cc3)n(CCc3ccccc3F)c2=O)c1. The lowest BCUT2D eigenvalue weighted by Gasteiger charge is -2.24. The van der Waals surface area contributed by atoms with E-state index in [-0.39, 0.29) is 36.5 Å². The Bertz CT molecular complexity index is 1440. The molecule has 0 unspecified atom stereocenters. The van der Waals surface area contributed by atoms with Gasteiger partial charge in [-0.25, -0.2) is 13.9 Å². The molecule has 4 rings (SSSR count). The van der Waals surface area contributed by atoms with Gasteiger partial charge in [0, 0.05) is 23.6 Å². The summed E-state index contributed by atoms with van der Waals surface area (Å²) in [6.45, 7) is 6.15. The van der Waals surface area contributed by atoms with E-state index >= 15 is 0 Å². The monoisotopic (exact) mass is 505 g/mol. The fourth-order valence-electron chi connectivity index (χ4n) is 4.38. The van der Waals surface area contributed by atoms with Crippen LogP contribution in [0.5, 0.6) is 0 Å². The van der Waals surface area contributed by atoms with E-state index in [1.807, 2.05) is 39.0 Å². The third-order valence-electron chi connectivity index (χ3n) is 6.35. The van der Waals surface area contributed by atoms with Crippen molar-refractivity contribution in [1.82, 2.24) is 14.3 Å². The first-order valence-electron chi connectivity index (χ1n) is 11.9. The van der Waals surface area contributed by atoms with Crippen LogP contribution < -0.4 is 5.69 Å². The number of rotatable bonds is 9. The molecule has 0 saturated carbocycles. The molecule has 0 bridgehead atoms. The van der Waals surface area contributed by atoms with Crippen LogP contribution >= 0.6 is 11.6 Å². The summed E-state index contributed by atoms with van der Waals surface area (Å²) < 4.78 is 16.9. The molecule has 0 fully saturated rings. The third kappa shape index (κ3) is 5.82. The third-order valence-corrected chi connectivity index (χ3v) is 6.60. The zero-order chi connectivity index (χ0) is 25.9. The topological polar surface area (TPSA) is 56.9 Å². The Kier molecular flexibility index (Phi) is 7.55. The van der Waals surface area contributed by atoms with Gasteiger partial charge < -0.3 is 0 Å². The first kappa shape index (κ1) is 25.6. The van der Waals surface area contributed by atoms with E-state index in [0.29, 0.717) is 28.4 Å². The largest absolute Gasteiger partial charge is 0.346 e. The molecule has 0 N–H and O–H groups in total. The summed E-state index contributed by atoms with van der Waals surface area (Å²) in [5.74, 6) is 0.00306. The molecular weight excluding hydrogens is 477 g/mol. The van der Waals surface area contributed by atoms with E-state index in [1.165, 1.54) is 15.3 Å². The summed E-state index contributed by atoms with van der Waals surface area (Å²) in [6.07, 6.45) is 0.578. The van der Waals surface area contributed by atoms with E-state index in [1.54, 1.807) is 42.5 Å². The fourth-order valence-corrected chi connectivity index (χ4v) is 4.50. The van der Waals surface area contributed by atoms with Gasteiger partial charge in [-0.2, -0.15) is 0 Å². The summed E-state index contributed by atoms with van der Waals surface area (Å²) in [7, 11) is 0. The van der Waals surface area contributed by atoms with Crippen LogP contribution in [-0.4, -0.2) is 20.1 Å². The highest BCUT2D eigenvalue weighted by atomic mass is 35.5. The van der Waals surface area contributed by atoms with Gasteiger partial charge in [-0.3, -0.25) is 9.36 Å². The standard InChI is InChI=1S/C29H29ClFN3O2/c1-20-7-6-9-23(17-20)29(2,3)18-25(35)19-34-28(36)33(16-15-21-8-4-5-10-26(21)31)27(32-34)22-11-13-24(30)14-12-22/h4-14,17H,15-16,18-19H2,1-3H3. The average molecular weight is 506 g/mol. The lowest BCUT2D eigenvalue weighted by molar-refractivity contribution is -0.120. The van der Waals surface area contributed by atoms with Crippen LogP contribution in [0.2, 0.25) is 5.02 Å². The number of benzene rings is 3. The molecule has 7 heteroatoms. The van der Waals surface area contributed by atoms with E-state index in [9.17, 15) is 14.0 Å². The number of halogens is 2. The molecule has 0 amide bonds. The predicted molar refractivity (Wildman–Crippen MR) is 141 cm³/mol. The maximum Gasteiger partial charge on any atom is 0.346 e. The minimum absolute atomic E-state index is 0.0926. The van der Waals surface area contributed by atoms with Crippen molar-refractivity contribution >= 4 is 17.4 Å². The summed E-state index contributed by atoms with van der Waals surface area (Å²) >= 11 is 6.04. The van der Waals surface area contributed by atoms with Crippen LogP contribution in [0, 0.1) is 12.7 Å². The first-order valence-corrected chi connectivity index (χ1v) is 12.3. The second-order valence-electron chi connectivity index (χ2n) is 9.73. The average Bonchev–Trinajstić information content (AvgIpc) is 3.13.